The summed E-state index contributed by atoms with van der Waals surface area (Å²) in [6.07, 6.45) is 2.07. The maximum atomic E-state index is 14.5. The van der Waals surface area contributed by atoms with Crippen molar-refractivity contribution in [2.24, 2.45) is 0 Å². The molecule has 0 spiro atoms. The van der Waals surface area contributed by atoms with Crippen molar-refractivity contribution in [2.45, 2.75) is 60.5 Å². The number of quaternary nitrogens is 1. The van der Waals surface area contributed by atoms with Gasteiger partial charge in [0.1, 0.15) is 6.54 Å². The van der Waals surface area contributed by atoms with Crippen LogP contribution < -0.4 is 0 Å². The molecule has 6 aromatic rings. The molecule has 0 saturated carbocycles. The minimum atomic E-state index is 0.151. The maximum absolute atomic E-state index is 14.5. The molecule has 0 N–H and O–H groups in total. The number of carbonyl (C=O) groups excluding carboxylic acids is 1. The molecular weight excluding hydrogens is 581 g/mol. The molecule has 0 aliphatic rings. The van der Waals surface area contributed by atoms with Crippen molar-refractivity contribution in [3.63, 3.8) is 0 Å². The van der Waals surface area contributed by atoms with E-state index < -0.39 is 0 Å². The number of amides is 1. The monoisotopic (exact) mass is 627 g/mol. The normalized spacial score (nSPS) is 11.9. The highest BCUT2D eigenvalue weighted by Crippen LogP contribution is 2.37. The molecule has 0 bridgehead atoms. The van der Waals surface area contributed by atoms with E-state index in [0.717, 1.165) is 60.5 Å². The summed E-state index contributed by atoms with van der Waals surface area (Å²) < 4.78 is 2.26. The second-order valence-corrected chi connectivity index (χ2v) is 14.2. The molecule has 0 aliphatic heterocycles. The van der Waals surface area contributed by atoms with E-state index >= 15 is 0 Å². The molecule has 4 heteroatoms. The molecule has 3 nitrogen and oxygen atoms in total. The van der Waals surface area contributed by atoms with E-state index in [2.05, 4.69) is 137 Å². The SMILES string of the molecule is CC[N+](CC)(CCCCN(Cc1ccc2ccccc2c1)C(=O)c1sc2ccc3ccccc3c2c1C)Cc1cc(C)cc(C)c1. The van der Waals surface area contributed by atoms with Crippen molar-refractivity contribution in [3.8, 4) is 0 Å². The van der Waals surface area contributed by atoms with Crippen LogP contribution in [0.4, 0.5) is 0 Å². The Balaban J connectivity index is 1.25. The lowest BCUT2D eigenvalue weighted by Crippen LogP contribution is -2.47. The summed E-state index contributed by atoms with van der Waals surface area (Å²) in [5.41, 5.74) is 6.40. The molecule has 0 fully saturated rings. The predicted molar refractivity (Wildman–Crippen MR) is 198 cm³/mol. The molecule has 1 aromatic heterocycles. The Morgan fingerprint density at radius 2 is 1.39 bits per heavy atom. The first-order valence-corrected chi connectivity index (χ1v) is 17.7. The van der Waals surface area contributed by atoms with Crippen LogP contribution >= 0.6 is 11.3 Å². The molecule has 1 amide bonds. The summed E-state index contributed by atoms with van der Waals surface area (Å²) >= 11 is 1.65. The lowest BCUT2D eigenvalue weighted by molar-refractivity contribution is -0.938. The molecule has 0 saturated heterocycles. The van der Waals surface area contributed by atoms with E-state index in [4.69, 9.17) is 0 Å². The van der Waals surface area contributed by atoms with E-state index in [0.29, 0.717) is 6.54 Å². The van der Waals surface area contributed by atoms with Gasteiger partial charge in [-0.3, -0.25) is 4.79 Å². The van der Waals surface area contributed by atoms with Crippen LogP contribution in [0.2, 0.25) is 0 Å². The van der Waals surface area contributed by atoms with Gasteiger partial charge in [-0.15, -0.1) is 11.3 Å². The van der Waals surface area contributed by atoms with Gasteiger partial charge in [0.05, 0.1) is 24.5 Å². The van der Waals surface area contributed by atoms with Gasteiger partial charge in [-0.2, -0.15) is 0 Å². The van der Waals surface area contributed by atoms with Crippen LogP contribution in [0.1, 0.15) is 64.2 Å². The number of aryl methyl sites for hydroxylation is 3. The highest BCUT2D eigenvalue weighted by molar-refractivity contribution is 7.21. The van der Waals surface area contributed by atoms with E-state index in [1.54, 1.807) is 11.3 Å². The number of nitrogens with zero attached hydrogens (tertiary/aromatic N) is 2. The third kappa shape index (κ3) is 6.74. The van der Waals surface area contributed by atoms with E-state index in [1.807, 2.05) is 0 Å². The van der Waals surface area contributed by atoms with Crippen molar-refractivity contribution in [1.82, 2.24) is 4.90 Å². The van der Waals surface area contributed by atoms with Crippen molar-refractivity contribution in [3.05, 3.63) is 130 Å². The van der Waals surface area contributed by atoms with Gasteiger partial charge in [0, 0.05) is 28.7 Å². The molecule has 0 atom stereocenters. The Labute approximate surface area is 278 Å². The third-order valence-corrected chi connectivity index (χ3v) is 11.2. The summed E-state index contributed by atoms with van der Waals surface area (Å²) in [6, 6.07) is 35.0. The van der Waals surface area contributed by atoms with Gasteiger partial charge >= 0.3 is 0 Å². The van der Waals surface area contributed by atoms with Gasteiger partial charge in [0.15, 0.2) is 0 Å². The average molecular weight is 628 g/mol. The lowest BCUT2D eigenvalue weighted by atomic mass is 10.0. The fourth-order valence-electron chi connectivity index (χ4n) is 7.32. The zero-order valence-electron chi connectivity index (χ0n) is 28.1. The topological polar surface area (TPSA) is 20.3 Å². The van der Waals surface area contributed by atoms with Crippen molar-refractivity contribution in [2.75, 3.05) is 26.2 Å². The molecule has 6 rings (SSSR count). The first kappa shape index (κ1) is 32.0. The second kappa shape index (κ2) is 13.8. The summed E-state index contributed by atoms with van der Waals surface area (Å²) in [7, 11) is 0. The number of hydrogen-bond donors (Lipinski definition) is 0. The maximum Gasteiger partial charge on any atom is 0.264 e. The van der Waals surface area contributed by atoms with Crippen LogP contribution in [0.15, 0.2) is 97.1 Å². The van der Waals surface area contributed by atoms with Crippen LogP contribution in [0.5, 0.6) is 0 Å². The Morgan fingerprint density at radius 3 is 2.13 bits per heavy atom. The standard InChI is InChI=1S/C42H47N2OS/c1-6-44(7-2,29-34-25-30(3)24-31(4)26-34)23-13-12-22-43(28-33-18-19-35-14-8-9-16-37(35)27-33)42(45)41-32(5)40-38-17-11-10-15-36(38)20-21-39(40)46-41/h8-11,14-21,24-27H,6-7,12-13,22-23,28-29H2,1-5H3/q+1. The fraction of sp³-hybridized carbons (Fsp3) is 0.310. The molecule has 0 unspecified atom stereocenters. The van der Waals surface area contributed by atoms with E-state index in [1.165, 1.54) is 53.9 Å². The molecule has 1 heterocycles. The molecule has 236 valence electrons. The van der Waals surface area contributed by atoms with E-state index in [-0.39, 0.29) is 5.91 Å². The summed E-state index contributed by atoms with van der Waals surface area (Å²) in [4.78, 5) is 17.5. The zero-order valence-corrected chi connectivity index (χ0v) is 28.9. The van der Waals surface area contributed by atoms with Gasteiger partial charge in [0.25, 0.3) is 5.91 Å². The van der Waals surface area contributed by atoms with Crippen LogP contribution in [0.3, 0.4) is 0 Å². The first-order chi connectivity index (χ1) is 22.3. The van der Waals surface area contributed by atoms with Crippen LogP contribution in [-0.4, -0.2) is 41.5 Å². The van der Waals surface area contributed by atoms with Crippen LogP contribution in [0, 0.1) is 20.8 Å². The lowest BCUT2D eigenvalue weighted by Gasteiger charge is -2.37. The number of benzene rings is 5. The number of thiophene rings is 1. The second-order valence-electron chi connectivity index (χ2n) is 13.2. The first-order valence-electron chi connectivity index (χ1n) is 16.9. The zero-order chi connectivity index (χ0) is 32.3. The highest BCUT2D eigenvalue weighted by atomic mass is 32.1. The quantitative estimate of drug-likeness (QED) is 0.0976. The number of unbranched alkanes of at least 4 members (excludes halogenated alkanes) is 1. The molecule has 0 radical (unpaired) electrons. The third-order valence-electron chi connectivity index (χ3n) is 9.94. The number of carbonyl (C=O) groups is 1. The molecule has 0 aliphatic carbocycles. The van der Waals surface area contributed by atoms with Gasteiger partial charge in [0.2, 0.25) is 0 Å². The molecule has 46 heavy (non-hydrogen) atoms. The Bertz CT molecular complexity index is 1980. The van der Waals surface area contributed by atoms with Crippen molar-refractivity contribution < 1.29 is 9.28 Å². The van der Waals surface area contributed by atoms with Gasteiger partial charge in [-0.1, -0.05) is 96.1 Å². The largest absolute Gasteiger partial charge is 0.334 e. The number of hydrogen-bond acceptors (Lipinski definition) is 2. The van der Waals surface area contributed by atoms with Gasteiger partial charge in [-0.25, -0.2) is 0 Å². The van der Waals surface area contributed by atoms with Crippen LogP contribution in [-0.2, 0) is 13.1 Å². The van der Waals surface area contributed by atoms with E-state index in [9.17, 15) is 4.79 Å². The predicted octanol–water partition coefficient (Wildman–Crippen LogP) is 10.6. The molecule has 5 aromatic carbocycles. The highest BCUT2D eigenvalue weighted by Gasteiger charge is 2.26. The van der Waals surface area contributed by atoms with Crippen LogP contribution in [0.25, 0.3) is 31.6 Å². The Kier molecular flexibility index (Phi) is 9.58. The number of rotatable bonds is 12. The average Bonchev–Trinajstić information content (AvgIpc) is 3.41. The smallest absolute Gasteiger partial charge is 0.264 e. The van der Waals surface area contributed by atoms with Gasteiger partial charge in [-0.05, 0) is 92.3 Å². The number of fused-ring (bicyclic) bond motifs is 4. The van der Waals surface area contributed by atoms with Gasteiger partial charge < -0.3 is 9.38 Å². The molecular formula is C42H47N2OS+. The summed E-state index contributed by atoms with van der Waals surface area (Å²) in [6.45, 7) is 16.9. The van der Waals surface area contributed by atoms with Crippen molar-refractivity contribution >= 4 is 48.9 Å². The summed E-state index contributed by atoms with van der Waals surface area (Å²) in [5, 5.41) is 6.12. The minimum Gasteiger partial charge on any atom is -0.334 e. The fourth-order valence-corrected chi connectivity index (χ4v) is 8.51. The van der Waals surface area contributed by atoms with Crippen molar-refractivity contribution in [1.29, 1.82) is 0 Å². The summed E-state index contributed by atoms with van der Waals surface area (Å²) in [5.74, 6) is 0.151. The Morgan fingerprint density at radius 1 is 0.717 bits per heavy atom. The Hall–Kier alpha value is -3.99. The minimum absolute atomic E-state index is 0.151.